The third-order valence-electron chi connectivity index (χ3n) is 8.67. The SMILES string of the molecule is NCCCCN(CC(=O)N(CC=O)CCc1c[nH]c2ccccc12)C(=O)C(N)CCCCNC(=O)CCCCCNc1ncnc2[nH]cnc12. The number of nitrogens with one attached hydrogen (secondary N) is 4. The largest absolute Gasteiger partial charge is 0.368 e. The summed E-state index contributed by atoms with van der Waals surface area (Å²) in [6.45, 7) is 2.20. The zero-order valence-electron chi connectivity index (χ0n) is 28.7. The van der Waals surface area contributed by atoms with E-state index in [-0.39, 0.29) is 30.8 Å². The normalized spacial score (nSPS) is 11.8. The Balaban J connectivity index is 1.13. The Morgan fingerprint density at radius 2 is 1.76 bits per heavy atom. The average molecular weight is 690 g/mol. The van der Waals surface area contributed by atoms with Crippen LogP contribution in [0.3, 0.4) is 0 Å². The lowest BCUT2D eigenvalue weighted by Gasteiger charge is -2.28. The fraction of sp³-hybridized carbons (Fsp3) is 0.514. The van der Waals surface area contributed by atoms with Crippen molar-refractivity contribution in [2.75, 3.05) is 51.1 Å². The van der Waals surface area contributed by atoms with E-state index < -0.39 is 6.04 Å². The summed E-state index contributed by atoms with van der Waals surface area (Å²) < 4.78 is 0. The number of rotatable bonds is 24. The van der Waals surface area contributed by atoms with Crippen molar-refractivity contribution in [1.29, 1.82) is 0 Å². The van der Waals surface area contributed by atoms with Gasteiger partial charge in [-0.3, -0.25) is 14.4 Å². The lowest BCUT2D eigenvalue weighted by molar-refractivity contribution is -0.141. The van der Waals surface area contributed by atoms with Gasteiger partial charge >= 0.3 is 0 Å². The van der Waals surface area contributed by atoms with Gasteiger partial charge in [-0.1, -0.05) is 24.6 Å². The highest BCUT2D eigenvalue weighted by molar-refractivity contribution is 5.88. The number of para-hydroxylation sites is 1. The van der Waals surface area contributed by atoms with Gasteiger partial charge in [-0.2, -0.15) is 0 Å². The molecular formula is C35H51N11O4. The zero-order valence-corrected chi connectivity index (χ0v) is 28.7. The Labute approximate surface area is 292 Å². The Bertz CT molecular complexity index is 1660. The van der Waals surface area contributed by atoms with Crippen LogP contribution in [0.2, 0.25) is 0 Å². The maximum absolute atomic E-state index is 13.4. The van der Waals surface area contributed by atoms with Gasteiger partial charge in [-0.15, -0.1) is 0 Å². The molecule has 0 radical (unpaired) electrons. The molecule has 0 fully saturated rings. The second-order valence-electron chi connectivity index (χ2n) is 12.4. The zero-order chi connectivity index (χ0) is 35.6. The van der Waals surface area contributed by atoms with Crippen LogP contribution >= 0.6 is 0 Å². The molecule has 15 nitrogen and oxygen atoms in total. The number of hydrogen-bond acceptors (Lipinski definition) is 10. The molecule has 0 aliphatic heterocycles. The van der Waals surface area contributed by atoms with Crippen LogP contribution in [-0.2, 0) is 25.6 Å². The number of carbonyl (C=O) groups excluding carboxylic acids is 4. The van der Waals surface area contributed by atoms with Crippen LogP contribution in [0.1, 0.15) is 63.4 Å². The van der Waals surface area contributed by atoms with Crippen LogP contribution in [-0.4, -0.2) is 111 Å². The first-order chi connectivity index (χ1) is 24.4. The molecule has 8 N–H and O–H groups in total. The van der Waals surface area contributed by atoms with Crippen LogP contribution in [0.5, 0.6) is 0 Å². The van der Waals surface area contributed by atoms with Gasteiger partial charge in [0.05, 0.1) is 25.5 Å². The van der Waals surface area contributed by atoms with Crippen molar-refractivity contribution in [3.63, 3.8) is 0 Å². The van der Waals surface area contributed by atoms with Gasteiger partial charge < -0.3 is 46.7 Å². The molecule has 4 aromatic rings. The first-order valence-corrected chi connectivity index (χ1v) is 17.6. The number of aromatic nitrogens is 5. The van der Waals surface area contributed by atoms with E-state index in [1.54, 1.807) is 6.33 Å². The van der Waals surface area contributed by atoms with Gasteiger partial charge in [0, 0.05) is 49.7 Å². The van der Waals surface area contributed by atoms with Crippen molar-refractivity contribution >= 4 is 51.9 Å². The molecule has 1 atom stereocenters. The Kier molecular flexibility index (Phi) is 15.6. The Hall–Kier alpha value is -4.89. The molecule has 4 rings (SSSR count). The van der Waals surface area contributed by atoms with Crippen LogP contribution in [0.4, 0.5) is 5.82 Å². The smallest absolute Gasteiger partial charge is 0.242 e. The predicted molar refractivity (Wildman–Crippen MR) is 193 cm³/mol. The lowest BCUT2D eigenvalue weighted by atomic mass is 10.1. The molecule has 50 heavy (non-hydrogen) atoms. The number of unbranched alkanes of at least 4 members (excludes halogenated alkanes) is 4. The summed E-state index contributed by atoms with van der Waals surface area (Å²) in [5, 5.41) is 7.29. The molecule has 0 spiro atoms. The highest BCUT2D eigenvalue weighted by Crippen LogP contribution is 2.19. The summed E-state index contributed by atoms with van der Waals surface area (Å²) in [6.07, 6.45) is 12.4. The van der Waals surface area contributed by atoms with Crippen molar-refractivity contribution < 1.29 is 19.2 Å². The van der Waals surface area contributed by atoms with E-state index in [4.69, 9.17) is 11.5 Å². The molecule has 3 amide bonds. The van der Waals surface area contributed by atoms with E-state index >= 15 is 0 Å². The van der Waals surface area contributed by atoms with Crippen molar-refractivity contribution in [2.45, 2.75) is 70.3 Å². The fourth-order valence-electron chi connectivity index (χ4n) is 5.83. The monoisotopic (exact) mass is 689 g/mol. The van der Waals surface area contributed by atoms with Gasteiger partial charge in [-0.05, 0) is 69.5 Å². The fourth-order valence-corrected chi connectivity index (χ4v) is 5.83. The number of nitrogens with two attached hydrogens (primary N) is 2. The third kappa shape index (κ3) is 11.6. The summed E-state index contributed by atoms with van der Waals surface area (Å²) >= 11 is 0. The number of aromatic amines is 2. The summed E-state index contributed by atoms with van der Waals surface area (Å²) in [5.74, 6) is 0.0922. The average Bonchev–Trinajstić information content (AvgIpc) is 3.78. The minimum absolute atomic E-state index is 0.00142. The Morgan fingerprint density at radius 3 is 2.60 bits per heavy atom. The number of H-pyrrole nitrogens is 2. The minimum Gasteiger partial charge on any atom is -0.368 e. The molecule has 0 saturated heterocycles. The van der Waals surface area contributed by atoms with E-state index in [1.165, 1.54) is 16.1 Å². The molecule has 0 bridgehead atoms. The quantitative estimate of drug-likeness (QED) is 0.0465. The first-order valence-electron chi connectivity index (χ1n) is 17.6. The molecule has 270 valence electrons. The van der Waals surface area contributed by atoms with Crippen molar-refractivity contribution in [1.82, 2.24) is 40.0 Å². The number of hydrogen-bond donors (Lipinski definition) is 6. The van der Waals surface area contributed by atoms with Gasteiger partial charge in [-0.25, -0.2) is 15.0 Å². The number of amides is 3. The Morgan fingerprint density at radius 1 is 0.920 bits per heavy atom. The number of benzene rings is 1. The summed E-state index contributed by atoms with van der Waals surface area (Å²) in [5.41, 5.74) is 15.4. The van der Waals surface area contributed by atoms with Crippen LogP contribution < -0.4 is 22.1 Å². The van der Waals surface area contributed by atoms with E-state index in [2.05, 4.69) is 35.6 Å². The number of anilines is 1. The van der Waals surface area contributed by atoms with Crippen molar-refractivity contribution in [3.05, 3.63) is 48.7 Å². The van der Waals surface area contributed by atoms with E-state index in [9.17, 15) is 19.2 Å². The summed E-state index contributed by atoms with van der Waals surface area (Å²) in [6, 6.07) is 7.15. The lowest BCUT2D eigenvalue weighted by Crippen LogP contribution is -2.49. The standard InChI is InChI=1S/C35H51N11O4/c36-15-6-9-18-46(23-31(49)45(20-21-47)19-14-26-22-40-29-12-4-3-10-27(26)29)35(50)28(37)11-5-8-16-38-30(48)13-2-1-7-17-39-33-32-34(42-24-41-32)44-25-43-33/h3-4,10,12,21-22,24-25,28,40H,1-2,5-9,11,13-20,23,36-37H2,(H,38,48)(H2,39,41,42,43,44). The molecular weight excluding hydrogens is 638 g/mol. The molecule has 1 aromatic carbocycles. The maximum atomic E-state index is 13.4. The topological polar surface area (TPSA) is 221 Å². The second-order valence-corrected chi connectivity index (χ2v) is 12.4. The maximum Gasteiger partial charge on any atom is 0.242 e. The van der Waals surface area contributed by atoms with Gasteiger partial charge in [0.2, 0.25) is 17.7 Å². The third-order valence-corrected chi connectivity index (χ3v) is 8.67. The summed E-state index contributed by atoms with van der Waals surface area (Å²) in [7, 11) is 0. The van der Waals surface area contributed by atoms with Crippen LogP contribution in [0.15, 0.2) is 43.1 Å². The molecule has 0 saturated carbocycles. The second kappa shape index (κ2) is 20.6. The number of carbonyl (C=O) groups is 4. The molecule has 0 aliphatic rings. The minimum atomic E-state index is -0.776. The first kappa shape index (κ1) is 37.9. The van der Waals surface area contributed by atoms with Crippen molar-refractivity contribution in [2.24, 2.45) is 11.5 Å². The highest BCUT2D eigenvalue weighted by Gasteiger charge is 2.25. The number of fused-ring (bicyclic) bond motifs is 2. The van der Waals surface area contributed by atoms with Gasteiger partial charge in [0.25, 0.3) is 0 Å². The van der Waals surface area contributed by atoms with Crippen LogP contribution in [0.25, 0.3) is 22.1 Å². The van der Waals surface area contributed by atoms with Gasteiger partial charge in [0.15, 0.2) is 11.5 Å². The van der Waals surface area contributed by atoms with Crippen LogP contribution in [0, 0.1) is 0 Å². The molecule has 1 unspecified atom stereocenters. The number of nitrogens with zero attached hydrogens (tertiary/aromatic N) is 5. The summed E-state index contributed by atoms with van der Waals surface area (Å²) in [4.78, 5) is 72.3. The van der Waals surface area contributed by atoms with Gasteiger partial charge in [0.1, 0.15) is 18.1 Å². The van der Waals surface area contributed by atoms with E-state index in [0.29, 0.717) is 94.4 Å². The molecule has 3 heterocycles. The number of aldehydes is 1. The van der Waals surface area contributed by atoms with Crippen molar-refractivity contribution in [3.8, 4) is 0 Å². The molecule has 3 aromatic heterocycles. The number of imidazole rings is 1. The molecule has 15 heteroatoms. The molecule has 0 aliphatic carbocycles. The predicted octanol–water partition coefficient (Wildman–Crippen LogP) is 2.26. The van der Waals surface area contributed by atoms with E-state index in [0.717, 1.165) is 42.3 Å². The highest BCUT2D eigenvalue weighted by atomic mass is 16.2. The van der Waals surface area contributed by atoms with E-state index in [1.807, 2.05) is 30.5 Å².